The molecule has 1 heterocycles. The van der Waals surface area contributed by atoms with Crippen molar-refractivity contribution in [2.24, 2.45) is 0 Å². The lowest BCUT2D eigenvalue weighted by Crippen LogP contribution is -2.25. The first-order valence-corrected chi connectivity index (χ1v) is 9.41. The Morgan fingerprint density at radius 1 is 1.40 bits per heavy atom. The highest BCUT2D eigenvalue weighted by Crippen LogP contribution is 2.10. The van der Waals surface area contributed by atoms with Gasteiger partial charge in [0.2, 0.25) is 0 Å². The highest BCUT2D eigenvalue weighted by atomic mass is 28.4. The van der Waals surface area contributed by atoms with Crippen molar-refractivity contribution in [2.45, 2.75) is 31.5 Å². The third-order valence-corrected chi connectivity index (χ3v) is 4.37. The molecule has 0 aliphatic carbocycles. The Bertz CT molecular complexity index is 184. The van der Waals surface area contributed by atoms with Crippen molar-refractivity contribution in [1.82, 2.24) is 0 Å². The van der Waals surface area contributed by atoms with E-state index in [4.69, 9.17) is 14.3 Å². The van der Waals surface area contributed by atoms with Gasteiger partial charge < -0.3 is 14.3 Å². The molecule has 3 nitrogen and oxygen atoms in total. The predicted octanol–water partition coefficient (Wildman–Crippen LogP) is 0.593. The first-order chi connectivity index (χ1) is 6.99. The SMILES string of the molecule is C=C[SiH2]C1CCCCO1.C=C[Si](C)(O)O. The normalized spacial score (nSPS) is 21.9. The zero-order valence-corrected chi connectivity index (χ0v) is 11.9. The van der Waals surface area contributed by atoms with E-state index in [1.54, 1.807) is 0 Å². The van der Waals surface area contributed by atoms with Crippen LogP contribution in [0.25, 0.3) is 0 Å². The van der Waals surface area contributed by atoms with Crippen molar-refractivity contribution in [1.29, 1.82) is 0 Å². The van der Waals surface area contributed by atoms with E-state index in [9.17, 15) is 0 Å². The van der Waals surface area contributed by atoms with Crippen LogP contribution in [-0.2, 0) is 4.74 Å². The summed E-state index contributed by atoms with van der Waals surface area (Å²) in [7, 11) is -2.95. The summed E-state index contributed by atoms with van der Waals surface area (Å²) in [4.78, 5) is 16.8. The molecule has 0 saturated carbocycles. The molecule has 15 heavy (non-hydrogen) atoms. The highest BCUT2D eigenvalue weighted by Gasteiger charge is 2.13. The molecule has 5 heteroatoms. The topological polar surface area (TPSA) is 49.7 Å². The Hall–Kier alpha value is -0.206. The van der Waals surface area contributed by atoms with Crippen LogP contribution in [0.4, 0.5) is 0 Å². The van der Waals surface area contributed by atoms with Crippen molar-refractivity contribution >= 4 is 18.1 Å². The van der Waals surface area contributed by atoms with Crippen LogP contribution in [0, 0.1) is 0 Å². The van der Waals surface area contributed by atoms with Crippen molar-refractivity contribution in [3.05, 3.63) is 24.6 Å². The Morgan fingerprint density at radius 3 is 2.33 bits per heavy atom. The second kappa shape index (κ2) is 8.01. The van der Waals surface area contributed by atoms with Crippen molar-refractivity contribution in [3.63, 3.8) is 0 Å². The lowest BCUT2D eigenvalue weighted by Gasteiger charge is -2.20. The summed E-state index contributed by atoms with van der Waals surface area (Å²) in [6, 6.07) is 0. The van der Waals surface area contributed by atoms with E-state index in [1.807, 2.05) is 0 Å². The summed E-state index contributed by atoms with van der Waals surface area (Å²) in [6.45, 7) is 9.30. The van der Waals surface area contributed by atoms with Gasteiger partial charge in [-0.15, -0.1) is 18.9 Å². The molecular formula is C10H22O3Si2. The van der Waals surface area contributed by atoms with Gasteiger partial charge in [-0.3, -0.25) is 0 Å². The van der Waals surface area contributed by atoms with Crippen LogP contribution in [0.1, 0.15) is 19.3 Å². The molecule has 1 unspecified atom stereocenters. The second-order valence-corrected chi connectivity index (χ2v) is 8.37. The monoisotopic (exact) mass is 246 g/mol. The summed E-state index contributed by atoms with van der Waals surface area (Å²) in [5, 5.41) is 0. The molecule has 0 bridgehead atoms. The van der Waals surface area contributed by atoms with Crippen LogP contribution >= 0.6 is 0 Å². The van der Waals surface area contributed by atoms with Gasteiger partial charge in [-0.2, -0.15) is 0 Å². The maximum absolute atomic E-state index is 8.40. The summed E-state index contributed by atoms with van der Waals surface area (Å²) in [5.74, 6) is 0. The smallest absolute Gasteiger partial charge is 0.355 e. The minimum atomic E-state index is -2.87. The van der Waals surface area contributed by atoms with Crippen molar-refractivity contribution in [2.75, 3.05) is 6.61 Å². The van der Waals surface area contributed by atoms with Gasteiger partial charge in [0.25, 0.3) is 0 Å². The molecule has 88 valence electrons. The van der Waals surface area contributed by atoms with E-state index in [0.29, 0.717) is 5.73 Å². The molecule has 1 fully saturated rings. The fourth-order valence-corrected chi connectivity index (χ4v) is 2.38. The zero-order valence-electron chi connectivity index (χ0n) is 9.48. The molecule has 1 rings (SSSR count). The van der Waals surface area contributed by atoms with Crippen LogP contribution in [0.15, 0.2) is 24.6 Å². The number of rotatable bonds is 3. The van der Waals surface area contributed by atoms with Crippen LogP contribution < -0.4 is 0 Å². The van der Waals surface area contributed by atoms with Gasteiger partial charge in [0, 0.05) is 12.3 Å². The van der Waals surface area contributed by atoms with Crippen molar-refractivity contribution in [3.8, 4) is 0 Å². The lowest BCUT2D eigenvalue weighted by molar-refractivity contribution is 0.0659. The molecule has 0 aromatic rings. The molecule has 1 atom stereocenters. The van der Waals surface area contributed by atoms with E-state index >= 15 is 0 Å². The number of hydrogen-bond acceptors (Lipinski definition) is 3. The van der Waals surface area contributed by atoms with Gasteiger partial charge in [-0.25, -0.2) is 0 Å². The molecule has 1 saturated heterocycles. The summed E-state index contributed by atoms with van der Waals surface area (Å²) in [5.41, 5.74) is 3.89. The van der Waals surface area contributed by atoms with E-state index in [-0.39, 0.29) is 9.52 Å². The largest absolute Gasteiger partial charge is 0.408 e. The average molecular weight is 246 g/mol. The van der Waals surface area contributed by atoms with E-state index in [1.165, 1.54) is 31.5 Å². The van der Waals surface area contributed by atoms with E-state index in [0.717, 1.165) is 6.61 Å². The Labute approximate surface area is 95.5 Å². The van der Waals surface area contributed by atoms with Gasteiger partial charge in [-0.05, 0) is 25.8 Å². The van der Waals surface area contributed by atoms with Crippen LogP contribution in [0.3, 0.4) is 0 Å². The summed E-state index contributed by atoms with van der Waals surface area (Å²) in [6.07, 6.45) is 3.92. The van der Waals surface area contributed by atoms with Gasteiger partial charge in [0.15, 0.2) is 0 Å². The predicted molar refractivity (Wildman–Crippen MR) is 68.6 cm³/mol. The van der Waals surface area contributed by atoms with Gasteiger partial charge in [0.1, 0.15) is 0 Å². The standard InChI is InChI=1S/C7H14OSi.C3H8O2Si/c1-2-9-7-5-3-4-6-8-7;1-3-6(2,4)5/h2,7H,1,3-6,9H2;3-5H,1H2,2H3. The van der Waals surface area contributed by atoms with E-state index < -0.39 is 8.56 Å². The minimum absolute atomic E-state index is 0.0824. The van der Waals surface area contributed by atoms with Gasteiger partial charge in [-0.1, -0.05) is 5.70 Å². The third-order valence-electron chi connectivity index (χ3n) is 2.09. The average Bonchev–Trinajstić information content (AvgIpc) is 2.20. The summed E-state index contributed by atoms with van der Waals surface area (Å²) < 4.78 is 5.51. The summed E-state index contributed by atoms with van der Waals surface area (Å²) >= 11 is 0. The van der Waals surface area contributed by atoms with E-state index in [2.05, 4.69) is 18.9 Å². The minimum Gasteiger partial charge on any atom is -0.408 e. The van der Waals surface area contributed by atoms with Crippen LogP contribution in [-0.4, -0.2) is 40.0 Å². The molecule has 0 aromatic carbocycles. The molecule has 0 amide bonds. The van der Waals surface area contributed by atoms with Gasteiger partial charge in [0.05, 0.1) is 9.52 Å². The molecular weight excluding hydrogens is 224 g/mol. The molecule has 1 aliphatic heterocycles. The zero-order chi connectivity index (χ0) is 11.7. The van der Waals surface area contributed by atoms with Crippen molar-refractivity contribution < 1.29 is 14.3 Å². The maximum atomic E-state index is 8.40. The Balaban J connectivity index is 0.000000288. The molecule has 0 radical (unpaired) electrons. The first-order valence-electron chi connectivity index (χ1n) is 5.30. The molecule has 2 N–H and O–H groups in total. The fourth-order valence-electron chi connectivity index (χ4n) is 1.18. The molecule has 1 aliphatic rings. The highest BCUT2D eigenvalue weighted by molar-refractivity contribution is 6.68. The van der Waals surface area contributed by atoms with Gasteiger partial charge >= 0.3 is 8.56 Å². The lowest BCUT2D eigenvalue weighted by atomic mass is 10.2. The van der Waals surface area contributed by atoms with Crippen LogP contribution in [0.5, 0.6) is 0 Å². The first kappa shape index (κ1) is 14.8. The maximum Gasteiger partial charge on any atom is 0.355 e. The molecule has 0 spiro atoms. The third kappa shape index (κ3) is 10.1. The Kier molecular flexibility index (Phi) is 7.90. The fraction of sp³-hybridized carbons (Fsp3) is 0.600. The number of ether oxygens (including phenoxy) is 1. The molecule has 0 aromatic heterocycles. The second-order valence-electron chi connectivity index (χ2n) is 3.81. The number of hydrogen-bond donors (Lipinski definition) is 2. The Morgan fingerprint density at radius 2 is 2.00 bits per heavy atom. The quantitative estimate of drug-likeness (QED) is 0.717. The van der Waals surface area contributed by atoms with Crippen LogP contribution in [0.2, 0.25) is 6.55 Å².